The average Bonchev–Trinajstić information content (AvgIpc) is 4.01. The van der Waals surface area contributed by atoms with Crippen LogP contribution in [0.15, 0.2) is 53.5 Å². The maximum absolute atomic E-state index is 14.6. The van der Waals surface area contributed by atoms with E-state index in [1.54, 1.807) is 32.0 Å². The fraction of sp³-hybridized carbons (Fsp3) is 0.488. The van der Waals surface area contributed by atoms with Crippen molar-refractivity contribution in [3.8, 4) is 11.5 Å². The number of fused-ring (bicyclic) bond motifs is 4. The number of aromatic nitrogens is 1. The number of nitrogens with one attached hydrogen (secondary N) is 3. The van der Waals surface area contributed by atoms with Crippen molar-refractivity contribution in [2.24, 2.45) is 11.8 Å². The summed E-state index contributed by atoms with van der Waals surface area (Å²) in [4.78, 5) is 61.8. The highest BCUT2D eigenvalue weighted by Crippen LogP contribution is 2.46. The number of rotatable bonds is 13. The van der Waals surface area contributed by atoms with Crippen molar-refractivity contribution in [1.29, 1.82) is 0 Å². The van der Waals surface area contributed by atoms with Gasteiger partial charge in [-0.05, 0) is 75.1 Å². The molecule has 5 atom stereocenters. The first-order valence-corrected chi connectivity index (χ1v) is 21.2. The van der Waals surface area contributed by atoms with Gasteiger partial charge in [0.15, 0.2) is 11.3 Å². The van der Waals surface area contributed by atoms with Crippen molar-refractivity contribution in [3.05, 3.63) is 54.9 Å². The van der Waals surface area contributed by atoms with Gasteiger partial charge in [-0.1, -0.05) is 26.0 Å². The summed E-state index contributed by atoms with van der Waals surface area (Å²) in [5.74, 6) is -3.05. The van der Waals surface area contributed by atoms with Crippen molar-refractivity contribution in [1.82, 2.24) is 25.2 Å². The lowest BCUT2D eigenvalue weighted by Gasteiger charge is -2.31. The second-order valence-corrected chi connectivity index (χ2v) is 18.0. The molecule has 0 bridgehead atoms. The van der Waals surface area contributed by atoms with Crippen molar-refractivity contribution < 1.29 is 50.6 Å². The zero-order chi connectivity index (χ0) is 41.1. The lowest BCUT2D eigenvalue weighted by atomic mass is 10.0. The Labute approximate surface area is 334 Å². The Kier molecular flexibility index (Phi) is 10.2. The molecule has 17 heteroatoms. The van der Waals surface area contributed by atoms with Gasteiger partial charge in [0.1, 0.15) is 52.5 Å². The number of likely N-dealkylation sites (tertiary alicyclic amines) is 1. The van der Waals surface area contributed by atoms with Gasteiger partial charge in [-0.25, -0.2) is 22.6 Å². The number of carbonyl (C=O) groups is 4. The molecule has 4 aliphatic rings. The summed E-state index contributed by atoms with van der Waals surface area (Å²) in [6, 6.07) is 6.92. The molecular weight excluding hydrogens is 774 g/mol. The number of methoxy groups -OCH3 is 1. The van der Waals surface area contributed by atoms with Crippen molar-refractivity contribution in [2.45, 2.75) is 100 Å². The first kappa shape index (κ1) is 39.4. The van der Waals surface area contributed by atoms with Gasteiger partial charge >= 0.3 is 6.09 Å². The summed E-state index contributed by atoms with van der Waals surface area (Å²) >= 11 is 0. The number of ether oxygens (including phenoxy) is 3. The molecule has 3 N–H and O–H groups in total. The molecule has 15 nitrogen and oxygen atoms in total. The molecule has 4 fully saturated rings. The predicted molar refractivity (Wildman–Crippen MR) is 210 cm³/mol. The van der Waals surface area contributed by atoms with E-state index in [2.05, 4.69) is 21.9 Å². The van der Waals surface area contributed by atoms with E-state index in [0.29, 0.717) is 40.5 Å². The van der Waals surface area contributed by atoms with E-state index < -0.39 is 80.5 Å². The van der Waals surface area contributed by atoms with Crippen LogP contribution in [0.3, 0.4) is 0 Å². The Bertz CT molecular complexity index is 2450. The molecule has 4 aromatic rings. The molecule has 4 amide bonds. The van der Waals surface area contributed by atoms with Crippen molar-refractivity contribution in [2.75, 3.05) is 13.7 Å². The molecule has 308 valence electrons. The third kappa shape index (κ3) is 7.28. The highest BCUT2D eigenvalue weighted by molar-refractivity contribution is 7.91. The minimum atomic E-state index is -3.94. The van der Waals surface area contributed by atoms with Crippen LogP contribution in [0.1, 0.15) is 65.2 Å². The van der Waals surface area contributed by atoms with E-state index in [4.69, 9.17) is 23.6 Å². The summed E-state index contributed by atoms with van der Waals surface area (Å²) in [6.07, 6.45) is 3.81. The monoisotopic (exact) mass is 819 g/mol. The molecule has 8 rings (SSSR count). The number of benzene rings is 2. The molecule has 0 radical (unpaired) electrons. The summed E-state index contributed by atoms with van der Waals surface area (Å²) in [6.45, 7) is 7.14. The third-order valence-electron chi connectivity index (χ3n) is 11.7. The molecule has 3 heterocycles. The van der Waals surface area contributed by atoms with Gasteiger partial charge < -0.3 is 34.2 Å². The molecule has 1 saturated heterocycles. The minimum Gasteiger partial charge on any atom is -0.496 e. The third-order valence-corrected chi connectivity index (χ3v) is 13.5. The predicted octanol–water partition coefficient (Wildman–Crippen LogP) is 4.99. The number of hydrogen-bond donors (Lipinski definition) is 3. The van der Waals surface area contributed by atoms with Crippen LogP contribution < -0.4 is 24.8 Å². The van der Waals surface area contributed by atoms with E-state index >= 15 is 0 Å². The van der Waals surface area contributed by atoms with Crippen LogP contribution in [-0.2, 0) is 29.1 Å². The summed E-state index contributed by atoms with van der Waals surface area (Å²) in [5, 5.41) is 5.78. The van der Waals surface area contributed by atoms with Crippen LogP contribution in [0.5, 0.6) is 11.5 Å². The standard InChI is InChI=1S/C41H46FN5O10S/c1-5-22-19-41(22,39(50)46-58(52,53)26-14-15-26)45-37(48)29-18-25(20-47(29)38(49)33(21(2)3)44-40(51)56-24-9-6-7-10-24)55-35-27-16-13-23(42)17-28(27)43-34-32-30(54-4)11-8-12-31(32)57-36(34)35/h5,8,11-13,16-17,21-22,24-26,29,33H,1,6-7,9-10,14-15,18-20H2,2-4H3,(H,44,51)(H,45,48)(H,46,50)/t22-,25-,29+,33+,41-/m1/s1. The first-order chi connectivity index (χ1) is 27.7. The van der Waals surface area contributed by atoms with Crippen LogP contribution in [0.4, 0.5) is 9.18 Å². The van der Waals surface area contributed by atoms with E-state index in [1.165, 1.54) is 36.3 Å². The molecule has 0 unspecified atom stereocenters. The lowest BCUT2D eigenvalue weighted by Crippen LogP contribution is -2.59. The maximum atomic E-state index is 14.6. The number of hydrogen-bond acceptors (Lipinski definition) is 11. The number of amides is 4. The van der Waals surface area contributed by atoms with Gasteiger partial charge in [-0.15, -0.1) is 6.58 Å². The Morgan fingerprint density at radius 2 is 1.84 bits per heavy atom. The van der Waals surface area contributed by atoms with Crippen LogP contribution in [0, 0.1) is 17.7 Å². The first-order valence-electron chi connectivity index (χ1n) is 19.7. The summed E-state index contributed by atoms with van der Waals surface area (Å²) in [7, 11) is -2.44. The Balaban J connectivity index is 1.14. The summed E-state index contributed by atoms with van der Waals surface area (Å²) < 4.78 is 66.6. The summed E-state index contributed by atoms with van der Waals surface area (Å²) in [5.41, 5.74) is -0.324. The average molecular weight is 820 g/mol. The highest BCUT2D eigenvalue weighted by atomic mass is 32.2. The smallest absolute Gasteiger partial charge is 0.408 e. The van der Waals surface area contributed by atoms with Gasteiger partial charge in [-0.2, -0.15) is 0 Å². The topological polar surface area (TPSA) is 195 Å². The number of sulfonamides is 1. The van der Waals surface area contributed by atoms with Gasteiger partial charge in [0.2, 0.25) is 21.8 Å². The van der Waals surface area contributed by atoms with Crippen LogP contribution in [0.2, 0.25) is 0 Å². The lowest BCUT2D eigenvalue weighted by molar-refractivity contribution is -0.141. The highest BCUT2D eigenvalue weighted by Gasteiger charge is 2.62. The number of furan rings is 1. The molecular formula is C41H46FN5O10S. The number of carbonyl (C=O) groups excluding carboxylic acids is 4. The largest absolute Gasteiger partial charge is 0.496 e. The SMILES string of the molecule is C=C[C@@H]1C[C@]1(NC(=O)[C@@H]1C[C@@H](Oc2c3ccc(F)cc3nc3c2oc2cccc(OC)c23)CN1C(=O)[C@@H](NC(=O)OC1CCCC1)C(C)C)C(=O)NS(=O)(=O)C1CC1. The molecule has 1 aliphatic heterocycles. The van der Waals surface area contributed by atoms with E-state index in [1.807, 2.05) is 0 Å². The number of pyridine rings is 1. The van der Waals surface area contributed by atoms with Gasteiger partial charge in [0, 0.05) is 23.8 Å². The molecule has 2 aromatic heterocycles. The quantitative estimate of drug-likeness (QED) is 0.154. The molecule has 3 saturated carbocycles. The fourth-order valence-corrected chi connectivity index (χ4v) is 9.62. The normalized spacial score (nSPS) is 23.9. The van der Waals surface area contributed by atoms with E-state index in [9.17, 15) is 32.0 Å². The van der Waals surface area contributed by atoms with Crippen molar-refractivity contribution in [3.63, 3.8) is 0 Å². The zero-order valence-electron chi connectivity index (χ0n) is 32.4. The second kappa shape index (κ2) is 15.1. The molecule has 58 heavy (non-hydrogen) atoms. The van der Waals surface area contributed by atoms with Gasteiger partial charge in [-0.3, -0.25) is 19.1 Å². The Morgan fingerprint density at radius 3 is 2.52 bits per heavy atom. The van der Waals surface area contributed by atoms with Crippen LogP contribution in [-0.4, -0.2) is 90.9 Å². The number of nitrogens with zero attached hydrogens (tertiary/aromatic N) is 2. The van der Waals surface area contributed by atoms with E-state index in [0.717, 1.165) is 25.7 Å². The van der Waals surface area contributed by atoms with Crippen molar-refractivity contribution >= 4 is 66.8 Å². The second-order valence-electron chi connectivity index (χ2n) is 16.1. The van der Waals surface area contributed by atoms with Crippen LogP contribution in [0.25, 0.3) is 33.0 Å². The van der Waals surface area contributed by atoms with Crippen LogP contribution >= 0.6 is 0 Å². The number of alkyl carbamates (subject to hydrolysis) is 1. The van der Waals surface area contributed by atoms with Gasteiger partial charge in [0.05, 0.1) is 29.8 Å². The molecule has 3 aliphatic carbocycles. The van der Waals surface area contributed by atoms with Gasteiger partial charge in [0.25, 0.3) is 5.91 Å². The molecule has 2 aromatic carbocycles. The Hall–Kier alpha value is -5.45. The maximum Gasteiger partial charge on any atom is 0.408 e. The number of halogens is 1. The minimum absolute atomic E-state index is 0.0816. The Morgan fingerprint density at radius 1 is 1.09 bits per heavy atom. The molecule has 0 spiro atoms. The fourth-order valence-electron chi connectivity index (χ4n) is 8.25. The van der Waals surface area contributed by atoms with E-state index in [-0.39, 0.29) is 42.3 Å². The zero-order valence-corrected chi connectivity index (χ0v) is 33.2.